The molecule has 0 spiro atoms. The number of sulfone groups is 1. The summed E-state index contributed by atoms with van der Waals surface area (Å²) >= 11 is 0. The molecule has 0 saturated heterocycles. The van der Waals surface area contributed by atoms with Gasteiger partial charge in [-0.15, -0.1) is 0 Å². The summed E-state index contributed by atoms with van der Waals surface area (Å²) in [4.78, 5) is 11.6. The second-order valence-electron chi connectivity index (χ2n) is 4.76. The Labute approximate surface area is 125 Å². The number of hydrogen-bond donors (Lipinski definition) is 2. The van der Waals surface area contributed by atoms with Crippen LogP contribution in [0.1, 0.15) is 30.5 Å². The van der Waals surface area contributed by atoms with E-state index in [1.54, 1.807) is 6.92 Å². The van der Waals surface area contributed by atoms with Crippen molar-refractivity contribution in [1.82, 2.24) is 5.32 Å². The molecule has 1 aromatic carbocycles. The van der Waals surface area contributed by atoms with E-state index in [4.69, 9.17) is 5.11 Å². The van der Waals surface area contributed by atoms with Gasteiger partial charge in [0, 0.05) is 18.2 Å². The summed E-state index contributed by atoms with van der Waals surface area (Å²) < 4.78 is 22.1. The second kappa shape index (κ2) is 7.81. The van der Waals surface area contributed by atoms with Crippen LogP contribution in [-0.2, 0) is 14.6 Å². The van der Waals surface area contributed by atoms with Crippen molar-refractivity contribution in [2.45, 2.75) is 19.4 Å². The van der Waals surface area contributed by atoms with Gasteiger partial charge in [0.1, 0.15) is 5.75 Å². The van der Waals surface area contributed by atoms with Crippen LogP contribution in [0, 0.1) is 11.8 Å². The van der Waals surface area contributed by atoms with Crippen LogP contribution in [0.2, 0.25) is 0 Å². The number of hydrogen-bond acceptors (Lipinski definition) is 4. The maximum absolute atomic E-state index is 11.6. The maximum atomic E-state index is 11.6. The molecule has 6 heteroatoms. The van der Waals surface area contributed by atoms with Gasteiger partial charge in [-0.05, 0) is 24.6 Å². The minimum atomic E-state index is -3.33. The van der Waals surface area contributed by atoms with Crippen LogP contribution in [0.25, 0.3) is 0 Å². The molecule has 1 amide bonds. The summed E-state index contributed by atoms with van der Waals surface area (Å²) in [5.41, 5.74) is 1.62. The molecule has 114 valence electrons. The van der Waals surface area contributed by atoms with E-state index in [0.29, 0.717) is 6.42 Å². The number of benzene rings is 1. The molecule has 0 fully saturated rings. The predicted octanol–water partition coefficient (Wildman–Crippen LogP) is 0.642. The van der Waals surface area contributed by atoms with Gasteiger partial charge in [0.05, 0.1) is 12.6 Å². The Morgan fingerprint density at radius 1 is 1.43 bits per heavy atom. The Morgan fingerprint density at radius 2 is 2.14 bits per heavy atom. The molecule has 21 heavy (non-hydrogen) atoms. The van der Waals surface area contributed by atoms with Crippen molar-refractivity contribution in [2.75, 3.05) is 18.6 Å². The summed E-state index contributed by atoms with van der Waals surface area (Å²) in [6, 6.07) is 7.01. The van der Waals surface area contributed by atoms with Crippen molar-refractivity contribution < 1.29 is 18.3 Å². The Kier molecular flexibility index (Phi) is 6.40. The van der Waals surface area contributed by atoms with E-state index in [1.165, 1.54) is 0 Å². The van der Waals surface area contributed by atoms with Gasteiger partial charge >= 0.3 is 0 Å². The van der Waals surface area contributed by atoms with Crippen LogP contribution in [-0.4, -0.2) is 38.0 Å². The Hall–Kier alpha value is -1.84. The van der Waals surface area contributed by atoms with Crippen molar-refractivity contribution in [1.29, 1.82) is 0 Å². The number of nitrogens with one attached hydrogen (secondary N) is 1. The first-order valence-corrected chi connectivity index (χ1v) is 8.54. The monoisotopic (exact) mass is 309 g/mol. The largest absolute Gasteiger partial charge is 0.395 e. The Morgan fingerprint density at radius 3 is 2.76 bits per heavy atom. The van der Waals surface area contributed by atoms with Crippen molar-refractivity contribution >= 4 is 15.7 Å². The Bertz CT molecular complexity index is 656. The number of rotatable bonds is 5. The maximum Gasteiger partial charge on any atom is 0.235 e. The Balaban J connectivity index is 2.75. The average molecular weight is 309 g/mol. The fourth-order valence-corrected chi connectivity index (χ4v) is 2.27. The number of aliphatic hydroxyl groups is 1. The third-order valence-corrected chi connectivity index (χ3v) is 3.41. The minimum Gasteiger partial charge on any atom is -0.395 e. The van der Waals surface area contributed by atoms with Crippen LogP contribution in [0.4, 0.5) is 0 Å². The number of amides is 1. The van der Waals surface area contributed by atoms with Crippen molar-refractivity contribution in [2.24, 2.45) is 0 Å². The molecular formula is C15H19NO4S. The normalized spacial score (nSPS) is 12.1. The standard InChI is InChI=1S/C15H19NO4S/c1-12(16-15(18)11-21(2,19)20)14-8-5-7-13(10-14)6-3-4-9-17/h5,7-8,10,12,17H,4,9,11H2,1-2H3,(H,16,18). The van der Waals surface area contributed by atoms with Crippen molar-refractivity contribution in [3.63, 3.8) is 0 Å². The summed E-state index contributed by atoms with van der Waals surface area (Å²) in [5.74, 6) is 4.69. The van der Waals surface area contributed by atoms with E-state index in [-0.39, 0.29) is 12.6 Å². The molecule has 0 saturated carbocycles. The highest BCUT2D eigenvalue weighted by Crippen LogP contribution is 2.13. The summed E-state index contributed by atoms with van der Waals surface area (Å²) in [5, 5.41) is 11.3. The SMILES string of the molecule is CC(NC(=O)CS(C)(=O)=O)c1cccc(C#CCCO)c1. The van der Waals surface area contributed by atoms with Crippen LogP contribution in [0.5, 0.6) is 0 Å². The molecule has 2 N–H and O–H groups in total. The number of aliphatic hydroxyl groups excluding tert-OH is 1. The fourth-order valence-electron chi connectivity index (χ4n) is 1.71. The summed E-state index contributed by atoms with van der Waals surface area (Å²) in [6.07, 6.45) is 1.43. The first-order chi connectivity index (χ1) is 9.81. The molecule has 1 unspecified atom stereocenters. The third-order valence-electron chi connectivity index (χ3n) is 2.63. The lowest BCUT2D eigenvalue weighted by molar-refractivity contribution is -0.119. The summed E-state index contributed by atoms with van der Waals surface area (Å²) in [6.45, 7) is 1.80. The lowest BCUT2D eigenvalue weighted by Crippen LogP contribution is -2.32. The van der Waals surface area contributed by atoms with Crippen molar-refractivity contribution in [3.8, 4) is 11.8 Å². The van der Waals surface area contributed by atoms with Gasteiger partial charge in [0.2, 0.25) is 5.91 Å². The highest BCUT2D eigenvalue weighted by atomic mass is 32.2. The highest BCUT2D eigenvalue weighted by molar-refractivity contribution is 7.91. The zero-order valence-corrected chi connectivity index (χ0v) is 12.9. The molecule has 0 aliphatic heterocycles. The fraction of sp³-hybridized carbons (Fsp3) is 0.400. The van der Waals surface area contributed by atoms with Crippen LogP contribution < -0.4 is 5.32 Å². The molecule has 5 nitrogen and oxygen atoms in total. The van der Waals surface area contributed by atoms with Gasteiger partial charge < -0.3 is 10.4 Å². The van der Waals surface area contributed by atoms with E-state index in [2.05, 4.69) is 17.2 Å². The van der Waals surface area contributed by atoms with Gasteiger partial charge in [-0.25, -0.2) is 8.42 Å². The van der Waals surface area contributed by atoms with Crippen LogP contribution >= 0.6 is 0 Å². The third kappa shape index (κ3) is 6.93. The van der Waals surface area contributed by atoms with Gasteiger partial charge in [0.15, 0.2) is 9.84 Å². The van der Waals surface area contributed by atoms with E-state index in [0.717, 1.165) is 17.4 Å². The first kappa shape index (κ1) is 17.2. The molecule has 0 aliphatic carbocycles. The second-order valence-corrected chi connectivity index (χ2v) is 6.90. The van der Waals surface area contributed by atoms with Crippen LogP contribution in [0.3, 0.4) is 0 Å². The molecule has 1 atom stereocenters. The van der Waals surface area contributed by atoms with Crippen molar-refractivity contribution in [3.05, 3.63) is 35.4 Å². The van der Waals surface area contributed by atoms with E-state index < -0.39 is 21.5 Å². The van der Waals surface area contributed by atoms with Gasteiger partial charge in [-0.2, -0.15) is 0 Å². The molecule has 0 bridgehead atoms. The molecule has 0 radical (unpaired) electrons. The molecule has 0 aliphatic rings. The molecule has 0 aromatic heterocycles. The topological polar surface area (TPSA) is 83.5 Å². The molecule has 0 heterocycles. The summed E-state index contributed by atoms with van der Waals surface area (Å²) in [7, 11) is -3.33. The highest BCUT2D eigenvalue weighted by Gasteiger charge is 2.14. The average Bonchev–Trinajstić information content (AvgIpc) is 2.37. The van der Waals surface area contributed by atoms with E-state index in [1.807, 2.05) is 24.3 Å². The van der Waals surface area contributed by atoms with Crippen LogP contribution in [0.15, 0.2) is 24.3 Å². The van der Waals surface area contributed by atoms with Gasteiger partial charge in [-0.1, -0.05) is 24.0 Å². The quantitative estimate of drug-likeness (QED) is 0.782. The predicted molar refractivity (Wildman–Crippen MR) is 81.3 cm³/mol. The van der Waals surface area contributed by atoms with Gasteiger partial charge in [-0.3, -0.25) is 4.79 Å². The molecular weight excluding hydrogens is 290 g/mol. The lowest BCUT2D eigenvalue weighted by atomic mass is 10.1. The lowest BCUT2D eigenvalue weighted by Gasteiger charge is -2.14. The zero-order chi connectivity index (χ0) is 15.9. The minimum absolute atomic E-state index is 0.0185. The smallest absolute Gasteiger partial charge is 0.235 e. The van der Waals surface area contributed by atoms with E-state index >= 15 is 0 Å². The first-order valence-electron chi connectivity index (χ1n) is 6.48. The van der Waals surface area contributed by atoms with Gasteiger partial charge in [0.25, 0.3) is 0 Å². The zero-order valence-electron chi connectivity index (χ0n) is 12.1. The number of carbonyl (C=O) groups excluding carboxylic acids is 1. The molecule has 1 aromatic rings. The molecule has 1 rings (SSSR count). The number of carbonyl (C=O) groups is 1. The van der Waals surface area contributed by atoms with E-state index in [9.17, 15) is 13.2 Å².